The molecular formula is C21H16ClN5O5S. The number of nitro groups is 1. The second-order valence-electron chi connectivity index (χ2n) is 6.94. The summed E-state index contributed by atoms with van der Waals surface area (Å²) in [6, 6.07) is 8.53. The quantitative estimate of drug-likeness (QED) is 0.368. The Morgan fingerprint density at radius 2 is 2.21 bits per heavy atom. The predicted octanol–water partition coefficient (Wildman–Crippen LogP) is 4.46. The van der Waals surface area contributed by atoms with E-state index in [0.29, 0.717) is 10.9 Å². The number of nitrogens with two attached hydrogens (primary N) is 1. The number of halogens is 1. The van der Waals surface area contributed by atoms with Gasteiger partial charge < -0.3 is 14.9 Å². The average Bonchev–Trinajstić information content (AvgIpc) is 3.37. The van der Waals surface area contributed by atoms with Crippen LogP contribution in [0.2, 0.25) is 5.02 Å². The molecule has 0 amide bonds. The Morgan fingerprint density at radius 1 is 1.45 bits per heavy atom. The molecule has 1 atom stereocenters. The fraction of sp³-hybridized carbons (Fsp3) is 0.190. The molecule has 2 aliphatic rings. The lowest BCUT2D eigenvalue weighted by atomic mass is 10.00. The SMILES string of the molecule is CCOC(=O)C1=C(C)N=C2SC(C#N)=C(N)N2[C@@H]1c1ccc(-c2ccc(Cl)cc2[N+](=O)[O-])o1. The normalized spacial score (nSPS) is 17.6. The maximum Gasteiger partial charge on any atom is 0.338 e. The van der Waals surface area contributed by atoms with E-state index in [4.69, 9.17) is 26.5 Å². The lowest BCUT2D eigenvalue weighted by Gasteiger charge is -2.33. The molecule has 10 nitrogen and oxygen atoms in total. The fourth-order valence-corrected chi connectivity index (χ4v) is 4.67. The van der Waals surface area contributed by atoms with Crippen LogP contribution in [0, 0.1) is 21.4 Å². The number of benzene rings is 1. The molecule has 2 aliphatic heterocycles. The van der Waals surface area contributed by atoms with Crippen molar-refractivity contribution in [2.45, 2.75) is 19.9 Å². The molecule has 2 N–H and O–H groups in total. The van der Waals surface area contributed by atoms with Gasteiger partial charge in [0.2, 0.25) is 0 Å². The van der Waals surface area contributed by atoms with Crippen LogP contribution in [0.5, 0.6) is 0 Å². The molecule has 0 unspecified atom stereocenters. The number of ether oxygens (including phenoxy) is 1. The summed E-state index contributed by atoms with van der Waals surface area (Å²) in [4.78, 5) is 30.0. The number of nitrogens with zero attached hydrogens (tertiary/aromatic N) is 4. The maximum absolute atomic E-state index is 12.8. The van der Waals surface area contributed by atoms with Crippen LogP contribution in [0.25, 0.3) is 11.3 Å². The molecule has 0 saturated heterocycles. The second kappa shape index (κ2) is 8.65. The largest absolute Gasteiger partial charge is 0.463 e. The van der Waals surface area contributed by atoms with Gasteiger partial charge in [-0.15, -0.1) is 0 Å². The van der Waals surface area contributed by atoms with Crippen molar-refractivity contribution in [3.63, 3.8) is 0 Å². The van der Waals surface area contributed by atoms with Crippen molar-refractivity contribution < 1.29 is 18.9 Å². The number of fused-ring (bicyclic) bond motifs is 1. The van der Waals surface area contributed by atoms with Gasteiger partial charge in [0, 0.05) is 11.1 Å². The first-order valence-corrected chi connectivity index (χ1v) is 10.8. The van der Waals surface area contributed by atoms with Crippen LogP contribution in [-0.2, 0) is 9.53 Å². The second-order valence-corrected chi connectivity index (χ2v) is 8.35. The minimum atomic E-state index is -0.880. The molecule has 1 aromatic carbocycles. The molecule has 4 rings (SSSR count). The standard InChI is InChI=1S/C21H16ClN5O5S/c1-3-31-20(28)17-10(2)25-21-26(19(24)16(9-23)33-21)18(17)15-7-6-14(32-15)12-5-4-11(22)8-13(12)27(29)30/h4-8,18H,3,24H2,1-2H3/t18-/m1/s1. The van der Waals surface area contributed by atoms with Crippen LogP contribution in [-0.4, -0.2) is 27.6 Å². The van der Waals surface area contributed by atoms with Crippen LogP contribution in [0.1, 0.15) is 25.6 Å². The lowest BCUT2D eigenvalue weighted by molar-refractivity contribution is -0.384. The zero-order valence-electron chi connectivity index (χ0n) is 17.4. The van der Waals surface area contributed by atoms with Crippen molar-refractivity contribution >= 4 is 40.2 Å². The van der Waals surface area contributed by atoms with Gasteiger partial charge in [-0.05, 0) is 49.9 Å². The summed E-state index contributed by atoms with van der Waals surface area (Å²) < 4.78 is 11.2. The van der Waals surface area contributed by atoms with Crippen molar-refractivity contribution in [3.8, 4) is 17.4 Å². The number of furan rings is 1. The molecule has 0 spiro atoms. The zero-order valence-corrected chi connectivity index (χ0v) is 18.9. The lowest BCUT2D eigenvalue weighted by Crippen LogP contribution is -2.38. The summed E-state index contributed by atoms with van der Waals surface area (Å²) in [7, 11) is 0. The van der Waals surface area contributed by atoms with Gasteiger partial charge in [0.05, 0.1) is 28.4 Å². The molecule has 168 valence electrons. The van der Waals surface area contributed by atoms with Crippen molar-refractivity contribution in [1.82, 2.24) is 4.90 Å². The summed E-state index contributed by atoms with van der Waals surface area (Å²) in [5, 5.41) is 21.6. The minimum Gasteiger partial charge on any atom is -0.463 e. The van der Waals surface area contributed by atoms with Crippen molar-refractivity contribution in [3.05, 3.63) is 73.2 Å². The molecule has 0 bridgehead atoms. The monoisotopic (exact) mass is 485 g/mol. The molecule has 33 heavy (non-hydrogen) atoms. The van der Waals surface area contributed by atoms with Gasteiger partial charge >= 0.3 is 5.97 Å². The highest BCUT2D eigenvalue weighted by atomic mass is 35.5. The highest BCUT2D eigenvalue weighted by Gasteiger charge is 2.44. The number of thioether (sulfide) groups is 1. The average molecular weight is 486 g/mol. The van der Waals surface area contributed by atoms with Gasteiger partial charge in [-0.2, -0.15) is 5.26 Å². The third-order valence-corrected chi connectivity index (χ3v) is 6.20. The van der Waals surface area contributed by atoms with Gasteiger partial charge in [-0.25, -0.2) is 9.79 Å². The zero-order chi connectivity index (χ0) is 23.9. The predicted molar refractivity (Wildman–Crippen MR) is 122 cm³/mol. The van der Waals surface area contributed by atoms with E-state index in [1.54, 1.807) is 26.0 Å². The molecule has 0 aliphatic carbocycles. The topological polar surface area (TPSA) is 148 Å². The van der Waals surface area contributed by atoms with Gasteiger partial charge in [0.25, 0.3) is 5.69 Å². The van der Waals surface area contributed by atoms with Crippen molar-refractivity contribution in [2.75, 3.05) is 6.61 Å². The van der Waals surface area contributed by atoms with Crippen LogP contribution in [0.15, 0.2) is 61.7 Å². The number of hydrogen-bond donors (Lipinski definition) is 1. The van der Waals surface area contributed by atoms with Crippen LogP contribution in [0.4, 0.5) is 5.69 Å². The molecule has 0 radical (unpaired) electrons. The number of carbonyl (C=O) groups excluding carboxylic acids is 1. The molecular weight excluding hydrogens is 470 g/mol. The summed E-state index contributed by atoms with van der Waals surface area (Å²) in [6.07, 6.45) is 0. The van der Waals surface area contributed by atoms with E-state index in [9.17, 15) is 20.2 Å². The van der Waals surface area contributed by atoms with E-state index in [0.717, 1.165) is 11.8 Å². The van der Waals surface area contributed by atoms with E-state index in [1.165, 1.54) is 23.1 Å². The smallest absolute Gasteiger partial charge is 0.338 e. The number of amidine groups is 1. The summed E-state index contributed by atoms with van der Waals surface area (Å²) >= 11 is 7.00. The Bertz CT molecular complexity index is 1320. The van der Waals surface area contributed by atoms with Crippen LogP contribution < -0.4 is 5.73 Å². The Hall–Kier alpha value is -3.75. The highest BCUT2D eigenvalue weighted by Crippen LogP contribution is 2.46. The van der Waals surface area contributed by atoms with E-state index in [1.807, 2.05) is 6.07 Å². The molecule has 1 aromatic heterocycles. The van der Waals surface area contributed by atoms with Gasteiger partial charge in [0.15, 0.2) is 5.17 Å². The Labute approximate surface area is 197 Å². The summed E-state index contributed by atoms with van der Waals surface area (Å²) in [6.45, 7) is 3.47. The molecule has 3 heterocycles. The number of nitro benzene ring substituents is 1. The van der Waals surface area contributed by atoms with E-state index >= 15 is 0 Å². The Morgan fingerprint density at radius 3 is 2.88 bits per heavy atom. The van der Waals surface area contributed by atoms with E-state index < -0.39 is 16.9 Å². The van der Waals surface area contributed by atoms with Gasteiger partial charge in [-0.3, -0.25) is 15.0 Å². The van der Waals surface area contributed by atoms with E-state index in [2.05, 4.69) is 4.99 Å². The summed E-state index contributed by atoms with van der Waals surface area (Å²) in [5.41, 5.74) is 6.78. The minimum absolute atomic E-state index is 0.121. The Balaban J connectivity index is 1.86. The maximum atomic E-state index is 12.8. The first kappa shape index (κ1) is 22.4. The van der Waals surface area contributed by atoms with E-state index in [-0.39, 0.29) is 50.7 Å². The molecule has 0 fully saturated rings. The van der Waals surface area contributed by atoms with Crippen LogP contribution >= 0.6 is 23.4 Å². The Kier molecular flexibility index (Phi) is 5.88. The number of rotatable bonds is 5. The third-order valence-electron chi connectivity index (χ3n) is 4.99. The number of esters is 1. The fourth-order valence-electron chi connectivity index (χ4n) is 3.59. The van der Waals surface area contributed by atoms with Crippen LogP contribution in [0.3, 0.4) is 0 Å². The number of allylic oxidation sites excluding steroid dienone is 2. The van der Waals surface area contributed by atoms with Crippen molar-refractivity contribution in [2.24, 2.45) is 10.7 Å². The number of carbonyl (C=O) groups is 1. The highest BCUT2D eigenvalue weighted by molar-refractivity contribution is 8.17. The first-order valence-electron chi connectivity index (χ1n) is 9.64. The summed E-state index contributed by atoms with van der Waals surface area (Å²) in [5.74, 6) is -0.0163. The third kappa shape index (κ3) is 3.83. The first-order chi connectivity index (χ1) is 15.8. The van der Waals surface area contributed by atoms with Gasteiger partial charge in [-0.1, -0.05) is 11.6 Å². The number of aliphatic imine (C=N–C) groups is 1. The molecule has 12 heteroatoms. The number of hydrogen-bond acceptors (Lipinski definition) is 10. The molecule has 0 saturated carbocycles. The number of nitriles is 1. The van der Waals surface area contributed by atoms with Crippen molar-refractivity contribution in [1.29, 1.82) is 5.26 Å². The van der Waals surface area contributed by atoms with Gasteiger partial charge in [0.1, 0.15) is 34.4 Å². The molecule has 2 aromatic rings.